The lowest BCUT2D eigenvalue weighted by molar-refractivity contribution is 0.628. The molecule has 18 heavy (non-hydrogen) atoms. The molecule has 2 rings (SSSR count). The normalized spacial score (nSPS) is 10.9. The monoisotopic (exact) mass is 269 g/mol. The SMILES string of the molecule is Cn1[nH]c(-c2ccc(F)c(Cl)c2)c(CCN)c1=O. The third-order valence-corrected chi connectivity index (χ3v) is 3.04. The second-order valence-electron chi connectivity index (χ2n) is 4.00. The highest BCUT2D eigenvalue weighted by Gasteiger charge is 2.14. The van der Waals surface area contributed by atoms with Gasteiger partial charge in [0.1, 0.15) is 5.82 Å². The van der Waals surface area contributed by atoms with Crippen molar-refractivity contribution in [2.45, 2.75) is 6.42 Å². The number of rotatable bonds is 3. The Morgan fingerprint density at radius 1 is 1.50 bits per heavy atom. The number of H-pyrrole nitrogens is 1. The topological polar surface area (TPSA) is 63.8 Å². The molecule has 0 saturated carbocycles. The first-order valence-corrected chi connectivity index (χ1v) is 5.85. The number of benzene rings is 1. The average molecular weight is 270 g/mol. The highest BCUT2D eigenvalue weighted by atomic mass is 35.5. The molecule has 6 heteroatoms. The Bertz CT molecular complexity index is 633. The van der Waals surface area contributed by atoms with E-state index in [0.717, 1.165) is 0 Å². The van der Waals surface area contributed by atoms with Gasteiger partial charge in [0.2, 0.25) is 0 Å². The number of halogens is 2. The Kier molecular flexibility index (Phi) is 3.54. The van der Waals surface area contributed by atoms with Crippen LogP contribution in [-0.4, -0.2) is 16.3 Å². The number of aryl methyl sites for hydroxylation is 1. The molecule has 1 aromatic carbocycles. The molecule has 0 aliphatic rings. The van der Waals surface area contributed by atoms with Crippen molar-refractivity contribution in [2.24, 2.45) is 12.8 Å². The van der Waals surface area contributed by atoms with Gasteiger partial charge in [-0.3, -0.25) is 14.6 Å². The minimum absolute atomic E-state index is 0.0240. The fourth-order valence-electron chi connectivity index (χ4n) is 1.86. The Morgan fingerprint density at radius 3 is 2.83 bits per heavy atom. The predicted molar refractivity (Wildman–Crippen MR) is 69.2 cm³/mol. The standard InChI is InChI=1S/C12H13ClFN3O/c1-17-12(18)8(4-5-15)11(16-17)7-2-3-10(14)9(13)6-7/h2-3,6,16H,4-5,15H2,1H3. The highest BCUT2D eigenvalue weighted by Crippen LogP contribution is 2.25. The van der Waals surface area contributed by atoms with Gasteiger partial charge < -0.3 is 5.73 Å². The van der Waals surface area contributed by atoms with Crippen LogP contribution in [0, 0.1) is 5.82 Å². The van der Waals surface area contributed by atoms with E-state index in [2.05, 4.69) is 5.10 Å². The number of aromatic nitrogens is 2. The average Bonchev–Trinajstić information content (AvgIpc) is 2.61. The minimum atomic E-state index is -0.487. The first kappa shape index (κ1) is 12.9. The van der Waals surface area contributed by atoms with Crippen LogP contribution in [0.25, 0.3) is 11.3 Å². The van der Waals surface area contributed by atoms with Gasteiger partial charge in [0.25, 0.3) is 5.56 Å². The molecule has 4 nitrogen and oxygen atoms in total. The lowest BCUT2D eigenvalue weighted by atomic mass is 10.1. The van der Waals surface area contributed by atoms with Crippen LogP contribution in [0.1, 0.15) is 5.56 Å². The zero-order valence-corrected chi connectivity index (χ0v) is 10.6. The van der Waals surface area contributed by atoms with E-state index in [9.17, 15) is 9.18 Å². The van der Waals surface area contributed by atoms with E-state index in [4.69, 9.17) is 17.3 Å². The molecule has 0 fully saturated rings. The molecule has 2 aromatic rings. The van der Waals surface area contributed by atoms with Gasteiger partial charge in [-0.1, -0.05) is 11.6 Å². The number of hydrogen-bond acceptors (Lipinski definition) is 2. The van der Waals surface area contributed by atoms with Gasteiger partial charge in [-0.15, -0.1) is 0 Å². The van der Waals surface area contributed by atoms with Gasteiger partial charge in [-0.05, 0) is 31.2 Å². The van der Waals surface area contributed by atoms with Crippen molar-refractivity contribution < 1.29 is 4.39 Å². The third kappa shape index (κ3) is 2.19. The fraction of sp³-hybridized carbons (Fsp3) is 0.250. The van der Waals surface area contributed by atoms with Crippen molar-refractivity contribution in [1.82, 2.24) is 9.78 Å². The van der Waals surface area contributed by atoms with E-state index in [0.29, 0.717) is 29.8 Å². The number of hydrogen-bond donors (Lipinski definition) is 2. The Balaban J connectivity index is 2.59. The van der Waals surface area contributed by atoms with Crippen molar-refractivity contribution in [3.05, 3.63) is 45.0 Å². The van der Waals surface area contributed by atoms with Gasteiger partial charge in [-0.2, -0.15) is 0 Å². The summed E-state index contributed by atoms with van der Waals surface area (Å²) in [5, 5.41) is 2.95. The Morgan fingerprint density at radius 2 is 2.22 bits per heavy atom. The Labute approximate surface area is 108 Å². The molecule has 0 aliphatic heterocycles. The van der Waals surface area contributed by atoms with E-state index in [1.807, 2.05) is 0 Å². The zero-order chi connectivity index (χ0) is 13.3. The molecule has 0 atom stereocenters. The van der Waals surface area contributed by atoms with E-state index < -0.39 is 5.82 Å². The van der Waals surface area contributed by atoms with Crippen molar-refractivity contribution in [3.63, 3.8) is 0 Å². The summed E-state index contributed by atoms with van der Waals surface area (Å²) in [6.45, 7) is 0.370. The molecule has 0 radical (unpaired) electrons. The van der Waals surface area contributed by atoms with E-state index >= 15 is 0 Å². The van der Waals surface area contributed by atoms with Gasteiger partial charge in [0.05, 0.1) is 10.7 Å². The number of nitrogens with two attached hydrogens (primary N) is 1. The van der Waals surface area contributed by atoms with Crippen LogP contribution in [0.4, 0.5) is 4.39 Å². The van der Waals surface area contributed by atoms with Crippen LogP contribution >= 0.6 is 11.6 Å². The second-order valence-corrected chi connectivity index (χ2v) is 4.40. The van der Waals surface area contributed by atoms with Gasteiger partial charge >= 0.3 is 0 Å². The predicted octanol–water partition coefficient (Wildman–Crippen LogP) is 1.67. The maximum Gasteiger partial charge on any atom is 0.270 e. The summed E-state index contributed by atoms with van der Waals surface area (Å²) in [4.78, 5) is 11.9. The molecule has 0 aliphatic carbocycles. The molecular formula is C12H13ClFN3O. The molecule has 0 unspecified atom stereocenters. The molecule has 1 aromatic heterocycles. The van der Waals surface area contributed by atoms with Gasteiger partial charge in [0, 0.05) is 18.2 Å². The van der Waals surface area contributed by atoms with Crippen molar-refractivity contribution >= 4 is 11.6 Å². The quantitative estimate of drug-likeness (QED) is 0.890. The van der Waals surface area contributed by atoms with E-state index in [-0.39, 0.29) is 10.6 Å². The summed E-state index contributed by atoms with van der Waals surface area (Å²) < 4.78 is 14.5. The largest absolute Gasteiger partial charge is 0.330 e. The molecule has 1 heterocycles. The molecule has 0 saturated heterocycles. The van der Waals surface area contributed by atoms with Gasteiger partial charge in [0.15, 0.2) is 0 Å². The lowest BCUT2D eigenvalue weighted by Gasteiger charge is -2.03. The molecule has 0 bridgehead atoms. The minimum Gasteiger partial charge on any atom is -0.330 e. The van der Waals surface area contributed by atoms with Gasteiger partial charge in [-0.25, -0.2) is 4.39 Å². The van der Waals surface area contributed by atoms with Crippen LogP contribution in [0.5, 0.6) is 0 Å². The fourth-order valence-corrected chi connectivity index (χ4v) is 2.04. The third-order valence-electron chi connectivity index (χ3n) is 2.75. The first-order valence-electron chi connectivity index (χ1n) is 5.48. The van der Waals surface area contributed by atoms with Crippen molar-refractivity contribution in [3.8, 4) is 11.3 Å². The van der Waals surface area contributed by atoms with Crippen LogP contribution in [0.2, 0.25) is 5.02 Å². The number of nitrogens with zero attached hydrogens (tertiary/aromatic N) is 1. The maximum absolute atomic E-state index is 13.1. The lowest BCUT2D eigenvalue weighted by Crippen LogP contribution is -2.17. The smallest absolute Gasteiger partial charge is 0.270 e. The Hall–Kier alpha value is -1.59. The first-order chi connectivity index (χ1) is 8.54. The van der Waals surface area contributed by atoms with E-state index in [1.54, 1.807) is 13.1 Å². The zero-order valence-electron chi connectivity index (χ0n) is 9.84. The van der Waals surface area contributed by atoms with Crippen LogP contribution < -0.4 is 11.3 Å². The number of nitrogens with one attached hydrogen (secondary N) is 1. The summed E-state index contributed by atoms with van der Waals surface area (Å²) in [7, 11) is 1.62. The summed E-state index contributed by atoms with van der Waals surface area (Å²) in [5.74, 6) is -0.487. The highest BCUT2D eigenvalue weighted by molar-refractivity contribution is 6.31. The summed E-state index contributed by atoms with van der Waals surface area (Å²) in [6, 6.07) is 4.34. The summed E-state index contributed by atoms with van der Waals surface area (Å²) in [6.07, 6.45) is 0.459. The van der Waals surface area contributed by atoms with Crippen molar-refractivity contribution in [2.75, 3.05) is 6.54 Å². The summed E-state index contributed by atoms with van der Waals surface area (Å²) in [5.41, 5.74) is 7.25. The second kappa shape index (κ2) is 4.96. The number of aromatic amines is 1. The summed E-state index contributed by atoms with van der Waals surface area (Å²) >= 11 is 5.74. The maximum atomic E-state index is 13.1. The van der Waals surface area contributed by atoms with Crippen LogP contribution in [-0.2, 0) is 13.5 Å². The molecule has 96 valence electrons. The molecule has 3 N–H and O–H groups in total. The molecule has 0 spiro atoms. The van der Waals surface area contributed by atoms with E-state index in [1.165, 1.54) is 16.8 Å². The van der Waals surface area contributed by atoms with Crippen molar-refractivity contribution in [1.29, 1.82) is 0 Å². The molecule has 0 amide bonds. The van der Waals surface area contributed by atoms with Crippen LogP contribution in [0.15, 0.2) is 23.0 Å². The van der Waals surface area contributed by atoms with Crippen LogP contribution in [0.3, 0.4) is 0 Å². The molecular weight excluding hydrogens is 257 g/mol.